The Morgan fingerprint density at radius 3 is 2.83 bits per heavy atom. The maximum atomic E-state index is 11.9. The third-order valence-electron chi connectivity index (χ3n) is 3.77. The number of furan rings is 1. The maximum Gasteiger partial charge on any atom is 0.395 e. The van der Waals surface area contributed by atoms with Crippen molar-refractivity contribution in [1.82, 2.24) is 9.97 Å². The molecule has 29 heavy (non-hydrogen) atoms. The van der Waals surface area contributed by atoms with Gasteiger partial charge in [-0.15, -0.1) is 0 Å². The number of aromatic hydroxyl groups is 1. The Labute approximate surface area is 163 Å². The molecule has 2 heterocycles. The van der Waals surface area contributed by atoms with Gasteiger partial charge >= 0.3 is 17.2 Å². The molecule has 3 rings (SSSR count). The predicted molar refractivity (Wildman–Crippen MR) is 102 cm³/mol. The molecule has 0 amide bonds. The van der Waals surface area contributed by atoms with E-state index < -0.39 is 28.0 Å². The average molecular weight is 397 g/mol. The van der Waals surface area contributed by atoms with E-state index in [1.54, 1.807) is 43.3 Å². The minimum atomic E-state index is -1.07. The van der Waals surface area contributed by atoms with E-state index in [4.69, 9.17) is 9.15 Å². The number of ether oxygens (including phenoxy) is 1. The van der Waals surface area contributed by atoms with Crippen molar-refractivity contribution in [3.63, 3.8) is 0 Å². The first kappa shape index (κ1) is 19.5. The summed E-state index contributed by atoms with van der Waals surface area (Å²) in [5, 5.41) is 20.2. The van der Waals surface area contributed by atoms with Crippen LogP contribution in [0.2, 0.25) is 0 Å². The monoisotopic (exact) mass is 397 g/mol. The number of benzene rings is 1. The summed E-state index contributed by atoms with van der Waals surface area (Å²) < 4.78 is 10.7. The number of nitrogens with one attached hydrogen (secondary N) is 1. The molecule has 0 bridgehead atoms. The fourth-order valence-electron chi connectivity index (χ4n) is 2.49. The number of hydrogen-bond acceptors (Lipinski definition) is 8. The second kappa shape index (κ2) is 8.21. The molecule has 0 radical (unpaired) electrons. The standard InChI is InChI=1S/C19H15N3O7/c1-2-28-19(25)12-5-3-4-11(10-12)14-8-6-13(29-14)7-9-15-20-17(23)16(22(26)27)18(24)21-15/h3-10H,2H2,1H3,(H2,20,21,23,24)/b9-7+. The van der Waals surface area contributed by atoms with Crippen LogP contribution < -0.4 is 5.56 Å². The summed E-state index contributed by atoms with van der Waals surface area (Å²) in [6.45, 7) is 1.99. The molecule has 0 spiro atoms. The Kier molecular flexibility index (Phi) is 5.54. The van der Waals surface area contributed by atoms with E-state index in [-0.39, 0.29) is 12.4 Å². The van der Waals surface area contributed by atoms with Crippen molar-refractivity contribution in [2.45, 2.75) is 6.92 Å². The van der Waals surface area contributed by atoms with E-state index in [1.165, 1.54) is 12.2 Å². The van der Waals surface area contributed by atoms with Gasteiger partial charge in [0, 0.05) is 5.56 Å². The number of aromatic nitrogens is 2. The van der Waals surface area contributed by atoms with Crippen LogP contribution in [0.4, 0.5) is 5.69 Å². The summed E-state index contributed by atoms with van der Waals surface area (Å²) in [7, 11) is 0. The number of carbonyl (C=O) groups is 1. The maximum absolute atomic E-state index is 11.9. The van der Waals surface area contributed by atoms with Crippen LogP contribution in [0.5, 0.6) is 5.88 Å². The largest absolute Gasteiger partial charge is 0.488 e. The van der Waals surface area contributed by atoms with Crippen molar-refractivity contribution in [2.24, 2.45) is 0 Å². The molecule has 0 fully saturated rings. The van der Waals surface area contributed by atoms with Crippen LogP contribution in [0.3, 0.4) is 0 Å². The first-order valence-electron chi connectivity index (χ1n) is 8.42. The Balaban J connectivity index is 1.83. The number of nitrogens with zero attached hydrogens (tertiary/aromatic N) is 2. The van der Waals surface area contributed by atoms with Gasteiger partial charge < -0.3 is 19.2 Å². The molecule has 2 N–H and O–H groups in total. The fourth-order valence-corrected chi connectivity index (χ4v) is 2.49. The van der Waals surface area contributed by atoms with Gasteiger partial charge in [0.25, 0.3) is 5.88 Å². The third kappa shape index (κ3) is 4.38. The molecule has 0 saturated heterocycles. The third-order valence-corrected chi connectivity index (χ3v) is 3.77. The summed E-state index contributed by atoms with van der Waals surface area (Å²) in [5.41, 5.74) is -1.04. The second-order valence-corrected chi connectivity index (χ2v) is 5.72. The first-order valence-corrected chi connectivity index (χ1v) is 8.42. The van der Waals surface area contributed by atoms with Crippen molar-refractivity contribution < 1.29 is 24.0 Å². The summed E-state index contributed by atoms with van der Waals surface area (Å²) in [5.74, 6) is -0.616. The van der Waals surface area contributed by atoms with Crippen molar-refractivity contribution in [3.05, 3.63) is 74.0 Å². The van der Waals surface area contributed by atoms with E-state index in [0.29, 0.717) is 22.6 Å². The number of nitro groups is 1. The van der Waals surface area contributed by atoms with Gasteiger partial charge in [-0.3, -0.25) is 14.9 Å². The normalized spacial score (nSPS) is 10.9. The fraction of sp³-hybridized carbons (Fsp3) is 0.105. The van der Waals surface area contributed by atoms with Crippen LogP contribution >= 0.6 is 0 Å². The van der Waals surface area contributed by atoms with Crippen LogP contribution in [0.15, 0.2) is 45.6 Å². The molecule has 0 aliphatic carbocycles. The zero-order valence-electron chi connectivity index (χ0n) is 15.1. The highest BCUT2D eigenvalue weighted by atomic mass is 16.6. The molecule has 0 aliphatic rings. The van der Waals surface area contributed by atoms with Gasteiger partial charge in [-0.25, -0.2) is 4.79 Å². The number of rotatable bonds is 6. The molecule has 10 nitrogen and oxygen atoms in total. The van der Waals surface area contributed by atoms with Crippen LogP contribution in [0.1, 0.15) is 28.9 Å². The number of hydrogen-bond donors (Lipinski definition) is 2. The summed E-state index contributed by atoms with van der Waals surface area (Å²) in [6.07, 6.45) is 2.78. The Morgan fingerprint density at radius 1 is 1.34 bits per heavy atom. The minimum Gasteiger partial charge on any atom is -0.488 e. The average Bonchev–Trinajstić information content (AvgIpc) is 3.15. The van der Waals surface area contributed by atoms with Crippen LogP contribution in [0.25, 0.3) is 23.5 Å². The number of aromatic amines is 1. The topological polar surface area (TPSA) is 149 Å². The lowest BCUT2D eigenvalue weighted by atomic mass is 10.1. The van der Waals surface area contributed by atoms with Gasteiger partial charge in [-0.05, 0) is 43.3 Å². The quantitative estimate of drug-likeness (QED) is 0.366. The van der Waals surface area contributed by atoms with E-state index in [9.17, 15) is 24.8 Å². The van der Waals surface area contributed by atoms with Crippen LogP contribution in [-0.2, 0) is 4.74 Å². The SMILES string of the molecule is CCOC(=O)c1cccc(-c2ccc(/C=C/c3nc(O)c([N+](=O)[O-])c(=O)[nH]3)o2)c1. The van der Waals surface area contributed by atoms with Crippen LogP contribution in [0, 0.1) is 10.1 Å². The molecule has 0 saturated carbocycles. The molecule has 2 aromatic heterocycles. The van der Waals surface area contributed by atoms with Gasteiger partial charge in [0.2, 0.25) is 0 Å². The molecule has 148 valence electrons. The summed E-state index contributed by atoms with van der Waals surface area (Å²) >= 11 is 0. The Hall–Kier alpha value is -4.21. The highest BCUT2D eigenvalue weighted by molar-refractivity contribution is 5.90. The smallest absolute Gasteiger partial charge is 0.395 e. The molecule has 3 aromatic rings. The molecular formula is C19H15N3O7. The molecule has 0 aliphatic heterocycles. The molecule has 1 aromatic carbocycles. The van der Waals surface area contributed by atoms with E-state index >= 15 is 0 Å². The van der Waals surface area contributed by atoms with Crippen molar-refractivity contribution in [3.8, 4) is 17.2 Å². The second-order valence-electron chi connectivity index (χ2n) is 5.72. The van der Waals surface area contributed by atoms with Gasteiger partial charge in [0.15, 0.2) is 0 Å². The number of carbonyl (C=O) groups excluding carboxylic acids is 1. The summed E-state index contributed by atoms with van der Waals surface area (Å²) in [6, 6.07) is 10.1. The zero-order valence-corrected chi connectivity index (χ0v) is 15.1. The highest BCUT2D eigenvalue weighted by Gasteiger charge is 2.21. The van der Waals surface area contributed by atoms with Gasteiger partial charge in [0.1, 0.15) is 17.3 Å². The Bertz CT molecular complexity index is 1160. The highest BCUT2D eigenvalue weighted by Crippen LogP contribution is 2.24. The van der Waals surface area contributed by atoms with E-state index in [0.717, 1.165) is 0 Å². The molecule has 10 heteroatoms. The van der Waals surface area contributed by atoms with Gasteiger partial charge in [-0.1, -0.05) is 12.1 Å². The van der Waals surface area contributed by atoms with Crippen molar-refractivity contribution in [1.29, 1.82) is 0 Å². The molecule has 0 atom stereocenters. The lowest BCUT2D eigenvalue weighted by molar-refractivity contribution is -0.387. The van der Waals surface area contributed by atoms with E-state index in [2.05, 4.69) is 9.97 Å². The van der Waals surface area contributed by atoms with Crippen molar-refractivity contribution in [2.75, 3.05) is 6.61 Å². The Morgan fingerprint density at radius 2 is 2.14 bits per heavy atom. The zero-order chi connectivity index (χ0) is 21.0. The summed E-state index contributed by atoms with van der Waals surface area (Å²) in [4.78, 5) is 38.9. The number of esters is 1. The lowest BCUT2D eigenvalue weighted by Crippen LogP contribution is -2.14. The van der Waals surface area contributed by atoms with Gasteiger partial charge in [-0.2, -0.15) is 4.98 Å². The molecule has 0 unspecified atom stereocenters. The minimum absolute atomic E-state index is 0.0830. The van der Waals surface area contributed by atoms with Crippen LogP contribution in [-0.4, -0.2) is 32.6 Å². The first-order chi connectivity index (χ1) is 13.9. The predicted octanol–water partition coefficient (Wildman–Crippen LogP) is 2.99. The van der Waals surface area contributed by atoms with Gasteiger partial charge in [0.05, 0.1) is 17.1 Å². The molecular weight excluding hydrogens is 382 g/mol. The van der Waals surface area contributed by atoms with E-state index in [1.807, 2.05) is 0 Å². The van der Waals surface area contributed by atoms with Crippen molar-refractivity contribution >= 4 is 23.8 Å². The number of H-pyrrole nitrogens is 1. The lowest BCUT2D eigenvalue weighted by Gasteiger charge is -2.03.